The van der Waals surface area contributed by atoms with E-state index >= 15 is 0 Å². The molecule has 6 nitrogen and oxygen atoms in total. The summed E-state index contributed by atoms with van der Waals surface area (Å²) >= 11 is 1.38. The van der Waals surface area contributed by atoms with E-state index in [0.717, 1.165) is 25.0 Å². The summed E-state index contributed by atoms with van der Waals surface area (Å²) in [6.07, 6.45) is 6.77. The maximum atomic E-state index is 13.0. The van der Waals surface area contributed by atoms with Crippen molar-refractivity contribution < 1.29 is 4.79 Å². The van der Waals surface area contributed by atoms with Crippen molar-refractivity contribution in [1.29, 1.82) is 0 Å². The molecule has 0 spiro atoms. The molecule has 1 aliphatic rings. The number of amides is 1. The average molecular weight is 405 g/mol. The Kier molecular flexibility index (Phi) is 6.86. The Labute approximate surface area is 171 Å². The number of H-pyrrole nitrogens is 1. The number of nitrogens with one attached hydrogen (secondary N) is 1. The molecule has 0 aliphatic heterocycles. The Bertz CT molecular complexity index is 880. The number of thioether (sulfide) groups is 1. The molecule has 0 aromatic carbocycles. The minimum atomic E-state index is -0.0469. The number of carbonyl (C=O) groups excluding carboxylic acids is 1. The first-order valence-electron chi connectivity index (χ1n) is 10.4. The summed E-state index contributed by atoms with van der Waals surface area (Å²) < 4.78 is 1.73. The van der Waals surface area contributed by atoms with Crippen molar-refractivity contribution in [1.82, 2.24) is 19.4 Å². The Morgan fingerprint density at radius 3 is 2.75 bits per heavy atom. The van der Waals surface area contributed by atoms with Crippen molar-refractivity contribution in [2.45, 2.75) is 77.0 Å². The lowest BCUT2D eigenvalue weighted by molar-refractivity contribution is -0.129. The van der Waals surface area contributed by atoms with Crippen molar-refractivity contribution in [3.05, 3.63) is 22.1 Å². The maximum Gasteiger partial charge on any atom is 0.278 e. The number of hydrogen-bond donors (Lipinski definition) is 1. The van der Waals surface area contributed by atoms with Crippen LogP contribution in [0.4, 0.5) is 0 Å². The fourth-order valence-electron chi connectivity index (χ4n) is 3.81. The highest BCUT2D eigenvalue weighted by Gasteiger charge is 2.23. The van der Waals surface area contributed by atoms with Gasteiger partial charge in [0, 0.05) is 25.3 Å². The van der Waals surface area contributed by atoms with E-state index in [1.54, 1.807) is 4.57 Å². The molecule has 1 saturated carbocycles. The first kappa shape index (κ1) is 21.0. The smallest absolute Gasteiger partial charge is 0.278 e. The van der Waals surface area contributed by atoms with E-state index in [1.165, 1.54) is 31.0 Å². The van der Waals surface area contributed by atoms with Crippen molar-refractivity contribution in [3.8, 4) is 0 Å². The van der Waals surface area contributed by atoms with Crippen LogP contribution in [0.1, 0.15) is 58.1 Å². The Hall–Kier alpha value is -1.76. The van der Waals surface area contributed by atoms with Crippen LogP contribution in [0.2, 0.25) is 0 Å². The van der Waals surface area contributed by atoms with Crippen LogP contribution in [0, 0.1) is 12.8 Å². The third-order valence-corrected chi connectivity index (χ3v) is 6.57. The van der Waals surface area contributed by atoms with Gasteiger partial charge in [-0.25, -0.2) is 4.98 Å². The van der Waals surface area contributed by atoms with Crippen LogP contribution in [-0.2, 0) is 11.3 Å². The number of aromatic nitrogens is 3. The molecule has 2 heterocycles. The molecular formula is C21H32N4O2S. The van der Waals surface area contributed by atoms with E-state index in [1.807, 2.05) is 24.9 Å². The van der Waals surface area contributed by atoms with Gasteiger partial charge < -0.3 is 9.88 Å². The molecule has 2 aromatic heterocycles. The molecule has 1 aliphatic carbocycles. The van der Waals surface area contributed by atoms with Crippen molar-refractivity contribution in [2.24, 2.45) is 5.92 Å². The molecule has 1 amide bonds. The summed E-state index contributed by atoms with van der Waals surface area (Å²) in [6, 6.07) is 2.25. The molecule has 0 unspecified atom stereocenters. The second kappa shape index (κ2) is 9.16. The van der Waals surface area contributed by atoms with Crippen LogP contribution in [0.5, 0.6) is 0 Å². The number of aromatic amines is 1. The molecular weight excluding hydrogens is 372 g/mol. The first-order chi connectivity index (χ1) is 13.4. The number of hydrogen-bond acceptors (Lipinski definition) is 4. The zero-order valence-electron chi connectivity index (χ0n) is 17.5. The normalized spacial score (nSPS) is 15.5. The van der Waals surface area contributed by atoms with Crippen molar-refractivity contribution >= 4 is 28.7 Å². The van der Waals surface area contributed by atoms with Gasteiger partial charge in [0.25, 0.3) is 5.56 Å². The van der Waals surface area contributed by atoms with E-state index in [0.29, 0.717) is 40.4 Å². The number of aryl methyl sites for hydroxylation is 1. The van der Waals surface area contributed by atoms with Gasteiger partial charge in [0.15, 0.2) is 5.16 Å². The fraction of sp³-hybridized carbons (Fsp3) is 0.667. The zero-order valence-corrected chi connectivity index (χ0v) is 18.3. The number of fused-ring (bicyclic) bond motifs is 1. The molecule has 1 fully saturated rings. The molecule has 7 heteroatoms. The lowest BCUT2D eigenvalue weighted by atomic mass is 9.94. The Morgan fingerprint density at radius 1 is 1.36 bits per heavy atom. The van der Waals surface area contributed by atoms with E-state index in [-0.39, 0.29) is 11.5 Å². The lowest BCUT2D eigenvalue weighted by Gasteiger charge is -2.31. The number of rotatable bonds is 7. The van der Waals surface area contributed by atoms with Crippen LogP contribution in [0.3, 0.4) is 0 Å². The summed E-state index contributed by atoms with van der Waals surface area (Å²) in [5.41, 5.74) is 2.11. The predicted octanol–water partition coefficient (Wildman–Crippen LogP) is 3.96. The Morgan fingerprint density at radius 2 is 2.07 bits per heavy atom. The predicted molar refractivity (Wildman–Crippen MR) is 115 cm³/mol. The van der Waals surface area contributed by atoms with Gasteiger partial charge in [0.05, 0.1) is 11.3 Å². The Balaban J connectivity index is 1.79. The first-order valence-corrected chi connectivity index (χ1v) is 11.3. The summed E-state index contributed by atoms with van der Waals surface area (Å²) in [5.74, 6) is 0.924. The molecule has 154 valence electrons. The minimum Gasteiger partial charge on any atom is -0.353 e. The van der Waals surface area contributed by atoms with Crippen LogP contribution >= 0.6 is 11.8 Å². The number of nitrogens with zero attached hydrogens (tertiary/aromatic N) is 3. The largest absolute Gasteiger partial charge is 0.353 e. The van der Waals surface area contributed by atoms with Gasteiger partial charge in [-0.2, -0.15) is 0 Å². The quantitative estimate of drug-likeness (QED) is 0.560. The van der Waals surface area contributed by atoms with Gasteiger partial charge >= 0.3 is 0 Å². The third kappa shape index (κ3) is 4.80. The topological polar surface area (TPSA) is 71.0 Å². The maximum absolute atomic E-state index is 13.0. The molecule has 2 aromatic rings. The van der Waals surface area contributed by atoms with E-state index in [4.69, 9.17) is 4.98 Å². The molecule has 0 bridgehead atoms. The third-order valence-electron chi connectivity index (χ3n) is 5.61. The van der Waals surface area contributed by atoms with Gasteiger partial charge in [-0.05, 0) is 38.2 Å². The second-order valence-corrected chi connectivity index (χ2v) is 9.27. The standard InChI is InChI=1S/C21H32N4O2S/c1-14(2)10-11-25-20(27)19-17(12-15(3)22-19)23-21(25)28-13-18(26)24(4)16-8-6-5-7-9-16/h12,14,16,22H,5-11,13H2,1-4H3. The molecule has 3 rings (SSSR count). The van der Waals surface area contributed by atoms with Gasteiger partial charge in [-0.15, -0.1) is 0 Å². The monoisotopic (exact) mass is 404 g/mol. The van der Waals surface area contributed by atoms with E-state index in [2.05, 4.69) is 18.8 Å². The zero-order chi connectivity index (χ0) is 20.3. The fourth-order valence-corrected chi connectivity index (χ4v) is 4.75. The highest BCUT2D eigenvalue weighted by atomic mass is 32.2. The molecule has 1 N–H and O–H groups in total. The van der Waals surface area contributed by atoms with E-state index in [9.17, 15) is 9.59 Å². The molecule has 0 saturated heterocycles. The SMILES string of the molecule is Cc1cc2nc(SCC(=O)N(C)C3CCCCC3)n(CCC(C)C)c(=O)c2[nH]1. The second-order valence-electron chi connectivity index (χ2n) is 8.33. The van der Waals surface area contributed by atoms with Crippen LogP contribution in [-0.4, -0.2) is 44.2 Å². The highest BCUT2D eigenvalue weighted by Crippen LogP contribution is 2.24. The molecule has 0 radical (unpaired) electrons. The highest BCUT2D eigenvalue weighted by molar-refractivity contribution is 7.99. The summed E-state index contributed by atoms with van der Waals surface area (Å²) in [7, 11) is 1.91. The van der Waals surface area contributed by atoms with Gasteiger partial charge in [-0.3, -0.25) is 14.2 Å². The van der Waals surface area contributed by atoms with Crippen molar-refractivity contribution in [2.75, 3.05) is 12.8 Å². The van der Waals surface area contributed by atoms with Crippen LogP contribution in [0.25, 0.3) is 11.0 Å². The molecule has 0 atom stereocenters. The van der Waals surface area contributed by atoms with Gasteiger partial charge in [-0.1, -0.05) is 44.9 Å². The van der Waals surface area contributed by atoms with Crippen LogP contribution in [0.15, 0.2) is 16.0 Å². The number of carbonyl (C=O) groups is 1. The summed E-state index contributed by atoms with van der Waals surface area (Å²) in [4.78, 5) is 35.4. The van der Waals surface area contributed by atoms with Gasteiger partial charge in [0.2, 0.25) is 5.91 Å². The minimum absolute atomic E-state index is 0.0469. The molecule has 28 heavy (non-hydrogen) atoms. The average Bonchev–Trinajstić information content (AvgIpc) is 3.06. The summed E-state index contributed by atoms with van der Waals surface area (Å²) in [6.45, 7) is 6.83. The lowest BCUT2D eigenvalue weighted by Crippen LogP contribution is -2.39. The summed E-state index contributed by atoms with van der Waals surface area (Å²) in [5, 5.41) is 0.641. The van der Waals surface area contributed by atoms with Crippen molar-refractivity contribution in [3.63, 3.8) is 0 Å². The van der Waals surface area contributed by atoms with Crippen LogP contribution < -0.4 is 5.56 Å². The van der Waals surface area contributed by atoms with E-state index < -0.39 is 0 Å². The van der Waals surface area contributed by atoms with Gasteiger partial charge in [0.1, 0.15) is 5.52 Å².